The summed E-state index contributed by atoms with van der Waals surface area (Å²) >= 11 is 0. The van der Waals surface area contributed by atoms with Gasteiger partial charge in [-0.2, -0.15) is 0 Å². The Hall–Kier alpha value is -1.61. The molecule has 1 aromatic carbocycles. The number of aromatic nitrogens is 2. The zero-order valence-corrected chi connectivity index (χ0v) is 11.5. The fourth-order valence-corrected chi connectivity index (χ4v) is 2.41. The topological polar surface area (TPSA) is 48.9 Å². The number of imidazole rings is 1. The van der Waals surface area contributed by atoms with Gasteiger partial charge < -0.3 is 10.1 Å². The zero-order valence-electron chi connectivity index (χ0n) is 11.5. The van der Waals surface area contributed by atoms with E-state index in [-0.39, 0.29) is 12.0 Å². The summed E-state index contributed by atoms with van der Waals surface area (Å²) in [7, 11) is 0. The van der Waals surface area contributed by atoms with Crippen LogP contribution in [0.4, 0.5) is 0 Å². The number of H-pyrrole nitrogens is 1. The van der Waals surface area contributed by atoms with Crippen LogP contribution in [0.1, 0.15) is 44.0 Å². The van der Waals surface area contributed by atoms with E-state index in [1.807, 2.05) is 6.20 Å². The molecule has 3 nitrogen and oxygen atoms in total. The molecule has 3 rings (SSSR count). The van der Waals surface area contributed by atoms with E-state index < -0.39 is 0 Å². The highest BCUT2D eigenvalue weighted by molar-refractivity contribution is 5.59. The molecule has 1 fully saturated rings. The summed E-state index contributed by atoms with van der Waals surface area (Å²) in [6.07, 6.45) is 3.93. The summed E-state index contributed by atoms with van der Waals surface area (Å²) in [5.41, 5.74) is 3.44. The van der Waals surface area contributed by atoms with Crippen LogP contribution in [-0.4, -0.2) is 21.7 Å². The van der Waals surface area contributed by atoms with E-state index in [0.717, 1.165) is 29.9 Å². The third kappa shape index (κ3) is 2.19. The number of benzene rings is 1. The van der Waals surface area contributed by atoms with Crippen LogP contribution in [0, 0.1) is 0 Å². The molecule has 0 unspecified atom stereocenters. The molecular weight excluding hydrogens is 236 g/mol. The van der Waals surface area contributed by atoms with Crippen LogP contribution >= 0.6 is 0 Å². The predicted molar refractivity (Wildman–Crippen MR) is 76.1 cm³/mol. The minimum absolute atomic E-state index is 0.0872. The SMILES string of the molecule is CC(C)c1ccc(-c2cnc(C3(CO)CC3)[nH]2)cc1. The highest BCUT2D eigenvalue weighted by atomic mass is 16.3. The van der Waals surface area contributed by atoms with Gasteiger partial charge in [0.05, 0.1) is 23.9 Å². The lowest BCUT2D eigenvalue weighted by Crippen LogP contribution is -2.13. The van der Waals surface area contributed by atoms with Gasteiger partial charge in [0.25, 0.3) is 0 Å². The molecule has 19 heavy (non-hydrogen) atoms. The number of hydrogen-bond acceptors (Lipinski definition) is 2. The molecule has 2 aromatic rings. The van der Waals surface area contributed by atoms with Crippen molar-refractivity contribution in [3.8, 4) is 11.3 Å². The molecule has 2 N–H and O–H groups in total. The smallest absolute Gasteiger partial charge is 0.115 e. The van der Waals surface area contributed by atoms with Crippen LogP contribution < -0.4 is 0 Å². The van der Waals surface area contributed by atoms with E-state index in [9.17, 15) is 5.11 Å². The van der Waals surface area contributed by atoms with E-state index in [2.05, 4.69) is 48.1 Å². The lowest BCUT2D eigenvalue weighted by molar-refractivity contribution is 0.250. The summed E-state index contributed by atoms with van der Waals surface area (Å²) in [5.74, 6) is 1.48. The largest absolute Gasteiger partial charge is 0.395 e. The molecule has 0 saturated heterocycles. The van der Waals surface area contributed by atoms with Gasteiger partial charge in [-0.15, -0.1) is 0 Å². The van der Waals surface area contributed by atoms with Crippen LogP contribution in [-0.2, 0) is 5.41 Å². The van der Waals surface area contributed by atoms with Gasteiger partial charge in [0.15, 0.2) is 0 Å². The van der Waals surface area contributed by atoms with E-state index in [4.69, 9.17) is 0 Å². The molecule has 1 aliphatic rings. The van der Waals surface area contributed by atoms with Crippen molar-refractivity contribution in [2.24, 2.45) is 0 Å². The van der Waals surface area contributed by atoms with Crippen molar-refractivity contribution >= 4 is 0 Å². The molecule has 1 aliphatic carbocycles. The highest BCUT2D eigenvalue weighted by Gasteiger charge is 2.46. The second-order valence-electron chi connectivity index (χ2n) is 5.86. The van der Waals surface area contributed by atoms with Crippen molar-refractivity contribution in [2.45, 2.75) is 38.0 Å². The standard InChI is InChI=1S/C16H20N2O/c1-11(2)12-3-5-13(6-4-12)14-9-17-15(18-14)16(10-19)7-8-16/h3-6,9,11,19H,7-8,10H2,1-2H3,(H,17,18). The Balaban J connectivity index is 1.86. The van der Waals surface area contributed by atoms with Gasteiger partial charge >= 0.3 is 0 Å². The van der Waals surface area contributed by atoms with Crippen molar-refractivity contribution in [1.82, 2.24) is 9.97 Å². The van der Waals surface area contributed by atoms with Gasteiger partial charge in [-0.05, 0) is 29.9 Å². The van der Waals surface area contributed by atoms with Gasteiger partial charge in [-0.3, -0.25) is 0 Å². The normalized spacial score (nSPS) is 16.8. The number of nitrogens with one attached hydrogen (secondary N) is 1. The van der Waals surface area contributed by atoms with Gasteiger partial charge in [0.2, 0.25) is 0 Å². The molecule has 0 radical (unpaired) electrons. The Labute approximate surface area is 113 Å². The molecule has 100 valence electrons. The second kappa shape index (κ2) is 4.49. The van der Waals surface area contributed by atoms with E-state index in [0.29, 0.717) is 5.92 Å². The molecule has 0 bridgehead atoms. The third-order valence-corrected chi connectivity index (χ3v) is 4.12. The minimum atomic E-state index is -0.0872. The quantitative estimate of drug-likeness (QED) is 0.882. The Morgan fingerprint density at radius 3 is 2.47 bits per heavy atom. The van der Waals surface area contributed by atoms with Gasteiger partial charge in [0.1, 0.15) is 5.82 Å². The number of aromatic amines is 1. The third-order valence-electron chi connectivity index (χ3n) is 4.12. The maximum atomic E-state index is 9.43. The fraction of sp³-hybridized carbons (Fsp3) is 0.438. The maximum Gasteiger partial charge on any atom is 0.115 e. The number of rotatable bonds is 4. The van der Waals surface area contributed by atoms with E-state index in [1.165, 1.54) is 5.56 Å². The first-order chi connectivity index (χ1) is 9.14. The average molecular weight is 256 g/mol. The lowest BCUT2D eigenvalue weighted by atomic mass is 10.0. The first kappa shape index (κ1) is 12.4. The monoisotopic (exact) mass is 256 g/mol. The minimum Gasteiger partial charge on any atom is -0.395 e. The van der Waals surface area contributed by atoms with Crippen LogP contribution in [0.3, 0.4) is 0 Å². The summed E-state index contributed by atoms with van der Waals surface area (Å²) < 4.78 is 0. The van der Waals surface area contributed by atoms with Gasteiger partial charge in [-0.1, -0.05) is 38.1 Å². The van der Waals surface area contributed by atoms with E-state index >= 15 is 0 Å². The van der Waals surface area contributed by atoms with Crippen LogP contribution in [0.15, 0.2) is 30.5 Å². The molecule has 1 saturated carbocycles. The molecule has 1 heterocycles. The summed E-state index contributed by atoms with van der Waals surface area (Å²) in [4.78, 5) is 7.80. The zero-order chi connectivity index (χ0) is 13.5. The fourth-order valence-electron chi connectivity index (χ4n) is 2.41. The predicted octanol–water partition coefficient (Wildman–Crippen LogP) is 3.22. The van der Waals surface area contributed by atoms with Gasteiger partial charge in [-0.25, -0.2) is 4.98 Å². The van der Waals surface area contributed by atoms with Crippen LogP contribution in [0.2, 0.25) is 0 Å². The number of hydrogen-bond donors (Lipinski definition) is 2. The number of aliphatic hydroxyl groups is 1. The van der Waals surface area contributed by atoms with Crippen molar-refractivity contribution in [1.29, 1.82) is 0 Å². The Bertz CT molecular complexity index is 565. The van der Waals surface area contributed by atoms with Crippen LogP contribution in [0.25, 0.3) is 11.3 Å². The molecule has 0 atom stereocenters. The molecular formula is C16H20N2O. The lowest BCUT2D eigenvalue weighted by Gasteiger charge is -2.07. The summed E-state index contributed by atoms with van der Waals surface area (Å²) in [5, 5.41) is 9.43. The maximum absolute atomic E-state index is 9.43. The molecule has 0 spiro atoms. The molecule has 0 aliphatic heterocycles. The summed E-state index contributed by atoms with van der Waals surface area (Å²) in [6.45, 7) is 4.58. The second-order valence-corrected chi connectivity index (χ2v) is 5.86. The highest BCUT2D eigenvalue weighted by Crippen LogP contribution is 2.46. The first-order valence-electron chi connectivity index (χ1n) is 6.91. The average Bonchev–Trinajstić information content (AvgIpc) is 3.08. The number of nitrogens with zero attached hydrogens (tertiary/aromatic N) is 1. The van der Waals surface area contributed by atoms with Crippen molar-refractivity contribution in [3.05, 3.63) is 41.9 Å². The Morgan fingerprint density at radius 1 is 1.26 bits per heavy atom. The Kier molecular flexibility index (Phi) is 2.94. The van der Waals surface area contributed by atoms with Crippen molar-refractivity contribution in [2.75, 3.05) is 6.61 Å². The Morgan fingerprint density at radius 2 is 1.95 bits per heavy atom. The first-order valence-corrected chi connectivity index (χ1v) is 6.91. The van der Waals surface area contributed by atoms with Crippen molar-refractivity contribution < 1.29 is 5.11 Å². The van der Waals surface area contributed by atoms with Crippen molar-refractivity contribution in [3.63, 3.8) is 0 Å². The van der Waals surface area contributed by atoms with Crippen LogP contribution in [0.5, 0.6) is 0 Å². The number of aliphatic hydroxyl groups excluding tert-OH is 1. The molecule has 1 aromatic heterocycles. The van der Waals surface area contributed by atoms with Gasteiger partial charge in [0, 0.05) is 0 Å². The summed E-state index contributed by atoms with van der Waals surface area (Å²) in [6, 6.07) is 8.59. The molecule has 0 amide bonds. The van der Waals surface area contributed by atoms with E-state index in [1.54, 1.807) is 0 Å². The molecule has 3 heteroatoms.